The molecule has 1 saturated heterocycles. The third kappa shape index (κ3) is 2.88. The van der Waals surface area contributed by atoms with Crippen LogP contribution in [0.4, 0.5) is 0 Å². The Morgan fingerprint density at radius 2 is 2.17 bits per heavy atom. The first-order valence-corrected chi connectivity index (χ1v) is 7.59. The molecule has 0 saturated carbocycles. The van der Waals surface area contributed by atoms with Crippen LogP contribution in [0.2, 0.25) is 0 Å². The number of benzene rings is 1. The molecule has 7 heteroatoms. The molecule has 3 heterocycles. The zero-order chi connectivity index (χ0) is 15.6. The molecular weight excluding hydrogens is 294 g/mol. The summed E-state index contributed by atoms with van der Waals surface area (Å²) in [6.45, 7) is 1.17. The van der Waals surface area contributed by atoms with E-state index in [1.807, 2.05) is 30.3 Å². The maximum absolute atomic E-state index is 10.0. The monoisotopic (exact) mass is 311 g/mol. The number of β-amino-alcohol motifs (C(OH)–C–C–N with tert-alkyl or cyclic N) is 1. The van der Waals surface area contributed by atoms with Gasteiger partial charge in [0.05, 0.1) is 18.7 Å². The third-order valence-electron chi connectivity index (χ3n) is 4.05. The van der Waals surface area contributed by atoms with E-state index < -0.39 is 6.10 Å². The van der Waals surface area contributed by atoms with Crippen molar-refractivity contribution in [2.75, 3.05) is 6.54 Å². The first kappa shape index (κ1) is 14.1. The lowest BCUT2D eigenvalue weighted by molar-refractivity contribution is 0.167. The quantitative estimate of drug-likeness (QED) is 0.763. The van der Waals surface area contributed by atoms with Gasteiger partial charge in [-0.3, -0.25) is 4.90 Å². The third-order valence-corrected chi connectivity index (χ3v) is 4.05. The minimum absolute atomic E-state index is 0.0972. The lowest BCUT2D eigenvalue weighted by atomic mass is 10.2. The van der Waals surface area contributed by atoms with Crippen LogP contribution in [0.3, 0.4) is 0 Å². The summed E-state index contributed by atoms with van der Waals surface area (Å²) in [6, 6.07) is 9.61. The Labute approximate surface area is 133 Å². The van der Waals surface area contributed by atoms with Crippen LogP contribution in [0.15, 0.2) is 47.2 Å². The minimum Gasteiger partial charge on any atom is -0.392 e. The molecule has 2 atom stereocenters. The van der Waals surface area contributed by atoms with E-state index in [4.69, 9.17) is 4.52 Å². The van der Waals surface area contributed by atoms with E-state index in [1.165, 1.54) is 0 Å². The normalized spacial score (nSPS) is 21.8. The number of likely N-dealkylation sites (tertiary alicyclic amines) is 1. The predicted octanol–water partition coefficient (Wildman–Crippen LogP) is 1.77. The number of nitrogens with zero attached hydrogens (tertiary/aromatic N) is 4. The highest BCUT2D eigenvalue weighted by atomic mass is 16.5. The van der Waals surface area contributed by atoms with E-state index in [9.17, 15) is 5.11 Å². The first-order chi connectivity index (χ1) is 11.3. The van der Waals surface area contributed by atoms with E-state index in [0.29, 0.717) is 31.2 Å². The largest absolute Gasteiger partial charge is 0.392 e. The van der Waals surface area contributed by atoms with Crippen molar-refractivity contribution < 1.29 is 9.63 Å². The molecule has 3 aromatic rings. The van der Waals surface area contributed by atoms with Crippen LogP contribution in [-0.2, 0) is 6.54 Å². The Morgan fingerprint density at radius 1 is 1.30 bits per heavy atom. The van der Waals surface area contributed by atoms with Gasteiger partial charge >= 0.3 is 0 Å². The van der Waals surface area contributed by atoms with E-state index in [2.05, 4.69) is 25.0 Å². The van der Waals surface area contributed by atoms with Gasteiger partial charge < -0.3 is 14.6 Å². The number of hydrogen-bond donors (Lipinski definition) is 2. The zero-order valence-corrected chi connectivity index (χ0v) is 12.5. The van der Waals surface area contributed by atoms with Crippen molar-refractivity contribution in [1.29, 1.82) is 0 Å². The molecule has 1 aromatic carbocycles. The lowest BCUT2D eigenvalue weighted by Crippen LogP contribution is -2.25. The second kappa shape index (κ2) is 5.94. The van der Waals surface area contributed by atoms with Gasteiger partial charge in [-0.1, -0.05) is 35.5 Å². The van der Waals surface area contributed by atoms with Crippen molar-refractivity contribution in [2.24, 2.45) is 0 Å². The molecule has 4 rings (SSSR count). The predicted molar refractivity (Wildman–Crippen MR) is 82.1 cm³/mol. The molecule has 1 fully saturated rings. The summed E-state index contributed by atoms with van der Waals surface area (Å²) in [4.78, 5) is 13.9. The second-order valence-corrected chi connectivity index (χ2v) is 5.69. The van der Waals surface area contributed by atoms with Gasteiger partial charge in [0.2, 0.25) is 11.7 Å². The summed E-state index contributed by atoms with van der Waals surface area (Å²) < 4.78 is 5.46. The van der Waals surface area contributed by atoms with Crippen LogP contribution in [-0.4, -0.2) is 42.8 Å². The Balaban J connectivity index is 1.57. The summed E-state index contributed by atoms with van der Waals surface area (Å²) in [7, 11) is 0. The van der Waals surface area contributed by atoms with Crippen molar-refractivity contribution in [1.82, 2.24) is 25.0 Å². The van der Waals surface area contributed by atoms with Crippen LogP contribution in [0.25, 0.3) is 11.4 Å². The molecule has 0 spiro atoms. The van der Waals surface area contributed by atoms with Crippen LogP contribution < -0.4 is 0 Å². The Morgan fingerprint density at radius 3 is 2.96 bits per heavy atom. The van der Waals surface area contributed by atoms with Gasteiger partial charge in [-0.2, -0.15) is 4.98 Å². The summed E-state index contributed by atoms with van der Waals surface area (Å²) in [5, 5.41) is 14.1. The topological polar surface area (TPSA) is 91.1 Å². The highest BCUT2D eigenvalue weighted by molar-refractivity contribution is 5.53. The number of H-pyrrole nitrogens is 1. The molecule has 2 aromatic heterocycles. The summed E-state index contributed by atoms with van der Waals surface area (Å²) in [6.07, 6.45) is 3.69. The van der Waals surface area contributed by atoms with Crippen LogP contribution in [0, 0.1) is 0 Å². The molecule has 0 amide bonds. The fourth-order valence-electron chi connectivity index (χ4n) is 2.96. The van der Waals surface area contributed by atoms with Gasteiger partial charge in [0, 0.05) is 24.5 Å². The molecule has 0 bridgehead atoms. The number of hydrogen-bond acceptors (Lipinski definition) is 6. The molecule has 0 aliphatic carbocycles. The first-order valence-electron chi connectivity index (χ1n) is 7.59. The van der Waals surface area contributed by atoms with Gasteiger partial charge in [0.25, 0.3) is 0 Å². The van der Waals surface area contributed by atoms with E-state index in [-0.39, 0.29) is 6.04 Å². The van der Waals surface area contributed by atoms with Crippen molar-refractivity contribution in [2.45, 2.75) is 25.1 Å². The maximum atomic E-state index is 10.0. The van der Waals surface area contributed by atoms with E-state index in [1.54, 1.807) is 12.4 Å². The van der Waals surface area contributed by atoms with Crippen molar-refractivity contribution >= 4 is 0 Å². The molecule has 118 valence electrons. The molecule has 2 unspecified atom stereocenters. The number of aliphatic hydroxyl groups excluding tert-OH is 1. The highest BCUT2D eigenvalue weighted by Gasteiger charge is 2.36. The maximum Gasteiger partial charge on any atom is 0.244 e. The summed E-state index contributed by atoms with van der Waals surface area (Å²) in [5.74, 6) is 1.96. The van der Waals surface area contributed by atoms with Crippen LogP contribution in [0.5, 0.6) is 0 Å². The smallest absolute Gasteiger partial charge is 0.244 e. The number of imidazole rings is 1. The fourth-order valence-corrected chi connectivity index (χ4v) is 2.96. The molecule has 1 aliphatic rings. The SMILES string of the molecule is OC1CC(c2nc(-c3ccccc3)no2)N(Cc2ncc[nH]2)C1. The zero-order valence-electron chi connectivity index (χ0n) is 12.5. The fraction of sp³-hybridized carbons (Fsp3) is 0.312. The van der Waals surface area contributed by atoms with Crippen molar-refractivity contribution in [3.05, 3.63) is 54.4 Å². The average Bonchev–Trinajstić information content (AvgIpc) is 3.30. The number of rotatable bonds is 4. The van der Waals surface area contributed by atoms with Gasteiger partial charge in [-0.15, -0.1) is 0 Å². The van der Waals surface area contributed by atoms with E-state index in [0.717, 1.165) is 11.4 Å². The van der Waals surface area contributed by atoms with E-state index >= 15 is 0 Å². The average molecular weight is 311 g/mol. The van der Waals surface area contributed by atoms with Gasteiger partial charge in [-0.05, 0) is 6.42 Å². The highest BCUT2D eigenvalue weighted by Crippen LogP contribution is 2.33. The molecule has 23 heavy (non-hydrogen) atoms. The molecular formula is C16H17N5O2. The van der Waals surface area contributed by atoms with Crippen LogP contribution in [0.1, 0.15) is 24.2 Å². The number of aromatic amines is 1. The Bertz CT molecular complexity index is 756. The van der Waals surface area contributed by atoms with Gasteiger partial charge in [-0.25, -0.2) is 4.98 Å². The minimum atomic E-state index is -0.401. The molecule has 2 N–H and O–H groups in total. The Kier molecular flexibility index (Phi) is 3.64. The standard InChI is InChI=1S/C16H17N5O2/c22-12-8-13(21(9-12)10-14-17-6-7-18-14)16-19-15(20-23-16)11-4-2-1-3-5-11/h1-7,12-13,22H,8-10H2,(H,17,18). The number of aromatic nitrogens is 4. The van der Waals surface area contributed by atoms with Gasteiger partial charge in [0.15, 0.2) is 0 Å². The lowest BCUT2D eigenvalue weighted by Gasteiger charge is -2.19. The number of aliphatic hydroxyl groups is 1. The molecule has 0 radical (unpaired) electrons. The van der Waals surface area contributed by atoms with Crippen LogP contribution >= 0.6 is 0 Å². The molecule has 7 nitrogen and oxygen atoms in total. The Hall–Kier alpha value is -2.51. The summed E-state index contributed by atoms with van der Waals surface area (Å²) >= 11 is 0. The van der Waals surface area contributed by atoms with Gasteiger partial charge in [0.1, 0.15) is 5.82 Å². The molecule has 1 aliphatic heterocycles. The number of nitrogens with one attached hydrogen (secondary N) is 1. The van der Waals surface area contributed by atoms with Crippen molar-refractivity contribution in [3.63, 3.8) is 0 Å². The van der Waals surface area contributed by atoms with Crippen molar-refractivity contribution in [3.8, 4) is 11.4 Å². The second-order valence-electron chi connectivity index (χ2n) is 5.69. The summed E-state index contributed by atoms with van der Waals surface area (Å²) in [5.41, 5.74) is 0.915.